The van der Waals surface area contributed by atoms with Crippen molar-refractivity contribution >= 4 is 11.8 Å². The van der Waals surface area contributed by atoms with Gasteiger partial charge in [-0.05, 0) is 25.0 Å². The molecule has 5 nitrogen and oxygen atoms in total. The van der Waals surface area contributed by atoms with E-state index in [2.05, 4.69) is 15.8 Å². The second-order valence-electron chi connectivity index (χ2n) is 4.15. The highest BCUT2D eigenvalue weighted by Crippen LogP contribution is 2.28. The van der Waals surface area contributed by atoms with Gasteiger partial charge in [-0.3, -0.25) is 25.4 Å². The summed E-state index contributed by atoms with van der Waals surface area (Å²) in [6, 6.07) is 1.70. The van der Waals surface area contributed by atoms with Crippen molar-refractivity contribution in [2.45, 2.75) is 19.0 Å². The van der Waals surface area contributed by atoms with Crippen LogP contribution >= 0.6 is 0 Å². The lowest BCUT2D eigenvalue weighted by atomic mass is 10.2. The van der Waals surface area contributed by atoms with Crippen molar-refractivity contribution in [3.05, 3.63) is 29.6 Å². The predicted molar refractivity (Wildman–Crippen MR) is 57.6 cm³/mol. The molecule has 2 amide bonds. The Bertz CT molecular complexity index is 495. The molecule has 0 radical (unpaired) electrons. The third-order valence-corrected chi connectivity index (χ3v) is 2.56. The molecule has 0 unspecified atom stereocenters. The van der Waals surface area contributed by atoms with Gasteiger partial charge in [0.1, 0.15) is 5.69 Å². The molecular weight excluding hydrogens is 263 g/mol. The number of hydrogen-bond donors (Lipinski definition) is 2. The fraction of sp³-hybridized carbons (Fsp3) is 0.364. The number of hydrogen-bond acceptors (Lipinski definition) is 3. The Hall–Kier alpha value is -2.12. The first-order valence-electron chi connectivity index (χ1n) is 5.51. The van der Waals surface area contributed by atoms with Gasteiger partial charge < -0.3 is 0 Å². The van der Waals surface area contributed by atoms with Crippen molar-refractivity contribution in [1.29, 1.82) is 0 Å². The molecule has 0 atom stereocenters. The Labute approximate surface area is 106 Å². The molecule has 1 aliphatic rings. The monoisotopic (exact) mass is 273 g/mol. The average Bonchev–Trinajstić information content (AvgIpc) is 3.19. The Morgan fingerprint density at radius 2 is 1.89 bits per heavy atom. The number of rotatable bonds is 2. The normalized spacial score (nSPS) is 14.9. The summed E-state index contributed by atoms with van der Waals surface area (Å²) in [6.07, 6.45) is -2.18. The molecule has 1 aliphatic carbocycles. The first kappa shape index (κ1) is 13.3. The molecule has 2 rings (SSSR count). The van der Waals surface area contributed by atoms with Crippen LogP contribution in [-0.2, 0) is 11.0 Å². The van der Waals surface area contributed by atoms with E-state index in [4.69, 9.17) is 0 Å². The molecule has 1 fully saturated rings. The molecule has 1 aromatic heterocycles. The maximum absolute atomic E-state index is 12.3. The number of pyridine rings is 1. The van der Waals surface area contributed by atoms with E-state index in [1.165, 1.54) is 0 Å². The van der Waals surface area contributed by atoms with E-state index in [0.717, 1.165) is 25.1 Å². The fourth-order valence-corrected chi connectivity index (χ4v) is 1.33. The van der Waals surface area contributed by atoms with Crippen LogP contribution in [0, 0.1) is 5.92 Å². The largest absolute Gasteiger partial charge is 0.433 e. The second kappa shape index (κ2) is 4.87. The van der Waals surface area contributed by atoms with Gasteiger partial charge >= 0.3 is 6.18 Å². The van der Waals surface area contributed by atoms with Crippen LogP contribution in [0.25, 0.3) is 0 Å². The molecule has 1 saturated carbocycles. The zero-order valence-corrected chi connectivity index (χ0v) is 9.62. The molecule has 0 saturated heterocycles. The van der Waals surface area contributed by atoms with Gasteiger partial charge in [-0.15, -0.1) is 0 Å². The average molecular weight is 273 g/mol. The number of aromatic nitrogens is 1. The van der Waals surface area contributed by atoms with Gasteiger partial charge in [0, 0.05) is 12.1 Å². The predicted octanol–water partition coefficient (Wildman–Crippen LogP) is 1.27. The number of carbonyl (C=O) groups excluding carboxylic acids is 2. The molecule has 1 aromatic rings. The Morgan fingerprint density at radius 3 is 2.37 bits per heavy atom. The van der Waals surface area contributed by atoms with E-state index in [9.17, 15) is 22.8 Å². The number of halogens is 3. The molecule has 2 N–H and O–H groups in total. The summed E-state index contributed by atoms with van der Waals surface area (Å²) in [7, 11) is 0. The van der Waals surface area contributed by atoms with E-state index in [1.54, 1.807) is 0 Å². The molecular formula is C11H10F3N3O2. The second-order valence-corrected chi connectivity index (χ2v) is 4.15. The van der Waals surface area contributed by atoms with Gasteiger partial charge in [-0.1, -0.05) is 0 Å². The minimum Gasteiger partial charge on any atom is -0.273 e. The van der Waals surface area contributed by atoms with E-state index < -0.39 is 17.8 Å². The van der Waals surface area contributed by atoms with Gasteiger partial charge in [0.25, 0.3) is 5.91 Å². The summed E-state index contributed by atoms with van der Waals surface area (Å²) in [5.41, 5.74) is 3.17. The van der Waals surface area contributed by atoms with Crippen LogP contribution in [0.4, 0.5) is 13.2 Å². The van der Waals surface area contributed by atoms with Gasteiger partial charge in [0.2, 0.25) is 5.91 Å². The minimum atomic E-state index is -4.55. The summed E-state index contributed by atoms with van der Waals surface area (Å²) in [5, 5.41) is 0. The third kappa shape index (κ3) is 3.43. The fourth-order valence-electron chi connectivity index (χ4n) is 1.33. The van der Waals surface area contributed by atoms with Crippen molar-refractivity contribution in [2.75, 3.05) is 0 Å². The lowest BCUT2D eigenvalue weighted by molar-refractivity contribution is -0.141. The zero-order valence-electron chi connectivity index (χ0n) is 9.62. The smallest absolute Gasteiger partial charge is 0.273 e. The molecule has 8 heteroatoms. The van der Waals surface area contributed by atoms with Gasteiger partial charge in [0.05, 0.1) is 5.56 Å². The lowest BCUT2D eigenvalue weighted by Crippen LogP contribution is -2.42. The van der Waals surface area contributed by atoms with Crippen LogP contribution < -0.4 is 10.9 Å². The summed E-state index contributed by atoms with van der Waals surface area (Å²) in [6.45, 7) is 0. The summed E-state index contributed by atoms with van der Waals surface area (Å²) in [4.78, 5) is 25.9. The molecule has 19 heavy (non-hydrogen) atoms. The standard InChI is InChI=1S/C11H10F3N3O2/c12-11(13,14)8-4-3-7(5-15-8)10(19)17-16-9(18)6-1-2-6/h3-6H,1-2H2,(H,16,18)(H,17,19). The lowest BCUT2D eigenvalue weighted by Gasteiger charge is -2.08. The SMILES string of the molecule is O=C(NNC(=O)C1CC1)c1ccc(C(F)(F)F)nc1. The maximum Gasteiger partial charge on any atom is 0.433 e. The van der Waals surface area contributed by atoms with Crippen LogP contribution in [0.5, 0.6) is 0 Å². The zero-order chi connectivity index (χ0) is 14.0. The molecule has 102 valence electrons. The molecule has 0 spiro atoms. The van der Waals surface area contributed by atoms with Crippen molar-refractivity contribution in [3.63, 3.8) is 0 Å². The summed E-state index contributed by atoms with van der Waals surface area (Å²) in [5.74, 6) is -1.09. The van der Waals surface area contributed by atoms with E-state index >= 15 is 0 Å². The van der Waals surface area contributed by atoms with E-state index in [0.29, 0.717) is 6.07 Å². The van der Waals surface area contributed by atoms with Crippen LogP contribution in [0.3, 0.4) is 0 Å². The van der Waals surface area contributed by atoms with Gasteiger partial charge in [0.15, 0.2) is 0 Å². The Balaban J connectivity index is 1.93. The van der Waals surface area contributed by atoms with Crippen molar-refractivity contribution < 1.29 is 22.8 Å². The molecule has 0 aliphatic heterocycles. The van der Waals surface area contributed by atoms with Crippen molar-refractivity contribution in [3.8, 4) is 0 Å². The third-order valence-electron chi connectivity index (χ3n) is 2.56. The number of carbonyl (C=O) groups is 2. The van der Waals surface area contributed by atoms with E-state index in [-0.39, 0.29) is 17.4 Å². The number of alkyl halides is 3. The summed E-state index contributed by atoms with van der Waals surface area (Å²) >= 11 is 0. The maximum atomic E-state index is 12.3. The van der Waals surface area contributed by atoms with Crippen LogP contribution in [0.15, 0.2) is 18.3 Å². The van der Waals surface area contributed by atoms with Gasteiger partial charge in [-0.2, -0.15) is 13.2 Å². The van der Waals surface area contributed by atoms with Crippen LogP contribution in [-0.4, -0.2) is 16.8 Å². The van der Waals surface area contributed by atoms with Crippen molar-refractivity contribution in [2.24, 2.45) is 5.92 Å². The molecule has 0 bridgehead atoms. The number of amides is 2. The molecule has 1 heterocycles. The molecule has 0 aromatic carbocycles. The highest BCUT2D eigenvalue weighted by Gasteiger charge is 2.32. The van der Waals surface area contributed by atoms with Crippen LogP contribution in [0.2, 0.25) is 0 Å². The number of nitrogens with one attached hydrogen (secondary N) is 2. The van der Waals surface area contributed by atoms with Crippen molar-refractivity contribution in [1.82, 2.24) is 15.8 Å². The highest BCUT2D eigenvalue weighted by atomic mass is 19.4. The topological polar surface area (TPSA) is 71.1 Å². The first-order chi connectivity index (χ1) is 8.88. The minimum absolute atomic E-state index is 0.0657. The Kier molecular flexibility index (Phi) is 3.41. The number of nitrogens with zero attached hydrogens (tertiary/aromatic N) is 1. The quantitative estimate of drug-likeness (QED) is 0.797. The summed E-state index contributed by atoms with van der Waals surface area (Å²) < 4.78 is 36.8. The Morgan fingerprint density at radius 1 is 1.21 bits per heavy atom. The first-order valence-corrected chi connectivity index (χ1v) is 5.51. The van der Waals surface area contributed by atoms with E-state index in [1.807, 2.05) is 0 Å². The van der Waals surface area contributed by atoms with Gasteiger partial charge in [-0.25, -0.2) is 0 Å². The number of hydrazine groups is 1. The highest BCUT2D eigenvalue weighted by molar-refractivity contribution is 5.95. The van der Waals surface area contributed by atoms with Crippen LogP contribution in [0.1, 0.15) is 28.9 Å².